The van der Waals surface area contributed by atoms with Crippen LogP contribution in [0.2, 0.25) is 0 Å². The minimum atomic E-state index is 0.00808. The molecule has 6 heteroatoms. The molecular weight excluding hydrogens is 362 g/mol. The van der Waals surface area contributed by atoms with Crippen LogP contribution in [0.3, 0.4) is 0 Å². The van der Waals surface area contributed by atoms with E-state index in [-0.39, 0.29) is 17.9 Å². The number of nitrogens with one attached hydrogen (secondary N) is 3. The van der Waals surface area contributed by atoms with E-state index in [1.807, 2.05) is 12.3 Å². The number of H-pyrrole nitrogens is 1. The Labute approximate surface area is 170 Å². The molecule has 2 aromatic rings. The second-order valence-electron chi connectivity index (χ2n) is 8.26. The highest BCUT2D eigenvalue weighted by Gasteiger charge is 2.34. The van der Waals surface area contributed by atoms with Gasteiger partial charge in [0.15, 0.2) is 0 Å². The van der Waals surface area contributed by atoms with E-state index in [0.29, 0.717) is 5.92 Å². The zero-order valence-electron chi connectivity index (χ0n) is 16.5. The van der Waals surface area contributed by atoms with Gasteiger partial charge in [-0.15, -0.1) is 0 Å². The van der Waals surface area contributed by atoms with E-state index in [9.17, 15) is 4.79 Å². The van der Waals surface area contributed by atoms with Gasteiger partial charge in [-0.3, -0.25) is 14.9 Å². The molecule has 5 rings (SSSR count). The summed E-state index contributed by atoms with van der Waals surface area (Å²) < 4.78 is 0. The van der Waals surface area contributed by atoms with Gasteiger partial charge in [-0.1, -0.05) is 30.3 Å². The van der Waals surface area contributed by atoms with Crippen molar-refractivity contribution in [3.8, 4) is 0 Å². The maximum Gasteiger partial charge on any atom is 0.223 e. The normalized spacial score (nSPS) is 26.1. The first-order chi connectivity index (χ1) is 14.3. The van der Waals surface area contributed by atoms with Crippen molar-refractivity contribution in [3.05, 3.63) is 58.9 Å². The van der Waals surface area contributed by atoms with Gasteiger partial charge in [0.25, 0.3) is 0 Å². The molecule has 1 amide bonds. The molecule has 3 heterocycles. The molecule has 6 nitrogen and oxygen atoms in total. The van der Waals surface area contributed by atoms with Gasteiger partial charge >= 0.3 is 0 Å². The number of rotatable bonds is 4. The second kappa shape index (κ2) is 7.95. The van der Waals surface area contributed by atoms with Crippen LogP contribution in [0.25, 0.3) is 5.57 Å². The largest absolute Gasteiger partial charge is 0.351 e. The molecule has 150 valence electrons. The van der Waals surface area contributed by atoms with Crippen molar-refractivity contribution in [3.63, 3.8) is 0 Å². The zero-order chi connectivity index (χ0) is 19.6. The number of aromatic amines is 1. The first-order valence-corrected chi connectivity index (χ1v) is 10.6. The summed E-state index contributed by atoms with van der Waals surface area (Å²) in [5.41, 5.74) is 5.96. The first-order valence-electron chi connectivity index (χ1n) is 10.6. The maximum absolute atomic E-state index is 13.1. The summed E-state index contributed by atoms with van der Waals surface area (Å²) in [6.45, 7) is 2.55. The molecule has 3 aliphatic rings. The summed E-state index contributed by atoms with van der Waals surface area (Å²) in [5, 5.41) is 14.6. The van der Waals surface area contributed by atoms with E-state index in [2.05, 4.69) is 56.2 Å². The number of allylic oxidation sites excluding steroid dienone is 1. The van der Waals surface area contributed by atoms with Crippen LogP contribution in [-0.2, 0) is 17.6 Å². The lowest BCUT2D eigenvalue weighted by atomic mass is 9.84. The van der Waals surface area contributed by atoms with Gasteiger partial charge < -0.3 is 10.6 Å². The summed E-state index contributed by atoms with van der Waals surface area (Å²) in [5.74, 6) is 0.515. The molecular formula is C23H27N5O. The van der Waals surface area contributed by atoms with Crippen LogP contribution in [0.15, 0.2) is 41.4 Å². The van der Waals surface area contributed by atoms with Gasteiger partial charge in [0.05, 0.1) is 5.69 Å². The summed E-state index contributed by atoms with van der Waals surface area (Å²) >= 11 is 0. The number of nitrogens with zero attached hydrogens (tertiary/aromatic N) is 2. The van der Waals surface area contributed by atoms with Crippen LogP contribution >= 0.6 is 0 Å². The second-order valence-corrected chi connectivity index (χ2v) is 8.26. The molecule has 3 N–H and O–H groups in total. The number of aliphatic imine (C=N–C) groups is 1. The van der Waals surface area contributed by atoms with Crippen LogP contribution in [0, 0.1) is 5.92 Å². The average Bonchev–Trinajstić information content (AvgIpc) is 3.41. The number of aryl methyl sites for hydroxylation is 1. The van der Waals surface area contributed by atoms with Crippen molar-refractivity contribution in [2.45, 2.75) is 37.6 Å². The number of amides is 1. The van der Waals surface area contributed by atoms with Crippen LogP contribution in [0.4, 0.5) is 0 Å². The zero-order valence-corrected chi connectivity index (χ0v) is 16.5. The Hall–Kier alpha value is -2.73. The van der Waals surface area contributed by atoms with E-state index in [4.69, 9.17) is 0 Å². The van der Waals surface area contributed by atoms with Crippen LogP contribution in [0.5, 0.6) is 0 Å². The maximum atomic E-state index is 13.1. The number of fused-ring (bicyclic) bond motifs is 1. The molecule has 0 saturated carbocycles. The smallest absolute Gasteiger partial charge is 0.223 e. The summed E-state index contributed by atoms with van der Waals surface area (Å²) in [4.78, 5) is 17.4. The Morgan fingerprint density at radius 2 is 2.03 bits per heavy atom. The van der Waals surface area contributed by atoms with Crippen LogP contribution in [0.1, 0.15) is 41.3 Å². The number of hydrogen-bond donors (Lipinski definition) is 3. The summed E-state index contributed by atoms with van der Waals surface area (Å²) in [7, 11) is 0. The Morgan fingerprint density at radius 1 is 1.14 bits per heavy atom. The SMILES string of the molecule is O=C(N[C@H]1CNC[C@@H]1c1ccccc1)[C@@H]1CCc2[nH]nc(C3=CC=NCC3)c2C1. The van der Waals surface area contributed by atoms with Gasteiger partial charge in [-0.2, -0.15) is 5.10 Å². The third-order valence-corrected chi connectivity index (χ3v) is 6.48. The number of aromatic nitrogens is 2. The van der Waals surface area contributed by atoms with E-state index in [0.717, 1.165) is 51.0 Å². The molecule has 1 aliphatic carbocycles. The van der Waals surface area contributed by atoms with Crippen molar-refractivity contribution < 1.29 is 4.79 Å². The molecule has 1 fully saturated rings. The molecule has 0 unspecified atom stereocenters. The number of dihydropyridines is 1. The molecule has 2 aliphatic heterocycles. The van der Waals surface area contributed by atoms with E-state index < -0.39 is 0 Å². The summed E-state index contributed by atoms with van der Waals surface area (Å²) in [6.07, 6.45) is 7.35. The Kier molecular flexibility index (Phi) is 5.02. The lowest BCUT2D eigenvalue weighted by Crippen LogP contribution is -2.44. The van der Waals surface area contributed by atoms with Gasteiger partial charge in [-0.25, -0.2) is 0 Å². The molecule has 0 spiro atoms. The summed E-state index contributed by atoms with van der Waals surface area (Å²) in [6, 6.07) is 10.6. The lowest BCUT2D eigenvalue weighted by Gasteiger charge is -2.26. The van der Waals surface area contributed by atoms with E-state index in [1.165, 1.54) is 22.4 Å². The highest BCUT2D eigenvalue weighted by Crippen LogP contribution is 2.32. The lowest BCUT2D eigenvalue weighted by molar-refractivity contribution is -0.126. The van der Waals surface area contributed by atoms with Crippen molar-refractivity contribution in [2.75, 3.05) is 19.6 Å². The Bertz CT molecular complexity index is 945. The number of hydrogen-bond acceptors (Lipinski definition) is 4. The van der Waals surface area contributed by atoms with Crippen molar-refractivity contribution in [2.24, 2.45) is 10.9 Å². The Balaban J connectivity index is 1.29. The molecule has 0 bridgehead atoms. The minimum Gasteiger partial charge on any atom is -0.351 e. The molecule has 3 atom stereocenters. The molecule has 1 aromatic carbocycles. The van der Waals surface area contributed by atoms with Crippen molar-refractivity contribution in [1.82, 2.24) is 20.8 Å². The van der Waals surface area contributed by atoms with Crippen molar-refractivity contribution in [1.29, 1.82) is 0 Å². The number of benzene rings is 1. The third kappa shape index (κ3) is 3.65. The standard InChI is InChI=1S/C23H27N5O/c29-23(26-21-14-25-13-19(21)15-4-2-1-3-5-15)17-6-7-20-18(12-17)22(28-27-20)16-8-10-24-11-9-16/h1-5,8,10,17,19,21,25H,6-7,9,11-14H2,(H,26,29)(H,27,28)/t17-,19-,21+/m1/s1. The van der Waals surface area contributed by atoms with E-state index >= 15 is 0 Å². The number of carbonyl (C=O) groups is 1. The fraction of sp³-hybridized carbons (Fsp3) is 0.435. The highest BCUT2D eigenvalue weighted by molar-refractivity contribution is 5.86. The molecule has 1 aromatic heterocycles. The van der Waals surface area contributed by atoms with Gasteiger partial charge in [0.1, 0.15) is 0 Å². The van der Waals surface area contributed by atoms with Crippen LogP contribution in [-0.4, -0.2) is 48.0 Å². The monoisotopic (exact) mass is 389 g/mol. The average molecular weight is 390 g/mol. The quantitative estimate of drug-likeness (QED) is 0.750. The topological polar surface area (TPSA) is 82.2 Å². The van der Waals surface area contributed by atoms with Gasteiger partial charge in [0, 0.05) is 55.0 Å². The molecule has 29 heavy (non-hydrogen) atoms. The predicted octanol–water partition coefficient (Wildman–Crippen LogP) is 2.24. The fourth-order valence-corrected chi connectivity index (χ4v) is 4.85. The predicted molar refractivity (Wildman–Crippen MR) is 114 cm³/mol. The Morgan fingerprint density at radius 3 is 2.86 bits per heavy atom. The molecule has 1 saturated heterocycles. The first kappa shape index (κ1) is 18.3. The fourth-order valence-electron chi connectivity index (χ4n) is 4.85. The van der Waals surface area contributed by atoms with Crippen molar-refractivity contribution >= 4 is 17.7 Å². The third-order valence-electron chi connectivity index (χ3n) is 6.48. The van der Waals surface area contributed by atoms with Gasteiger partial charge in [-0.05, 0) is 42.9 Å². The number of carbonyl (C=O) groups excluding carboxylic acids is 1. The van der Waals surface area contributed by atoms with Crippen LogP contribution < -0.4 is 10.6 Å². The highest BCUT2D eigenvalue weighted by atomic mass is 16.2. The van der Waals surface area contributed by atoms with E-state index in [1.54, 1.807) is 0 Å². The molecule has 0 radical (unpaired) electrons. The van der Waals surface area contributed by atoms with Gasteiger partial charge in [0.2, 0.25) is 5.91 Å². The minimum absolute atomic E-state index is 0.00808.